The van der Waals surface area contributed by atoms with Crippen LogP contribution < -0.4 is 15.2 Å². The Kier molecular flexibility index (Phi) is 9.78. The molecule has 0 unspecified atom stereocenters. The fourth-order valence-electron chi connectivity index (χ4n) is 3.76. The Labute approximate surface area is 190 Å². The molecule has 2 rings (SSSR count). The van der Waals surface area contributed by atoms with Crippen molar-refractivity contribution < 1.29 is 24.2 Å². The predicted molar refractivity (Wildman–Crippen MR) is 125 cm³/mol. The largest absolute Gasteiger partial charge is 0.493 e. The summed E-state index contributed by atoms with van der Waals surface area (Å²) in [5.74, 6) is -0.118. The molecule has 176 valence electrons. The third kappa shape index (κ3) is 7.41. The van der Waals surface area contributed by atoms with Gasteiger partial charge in [-0.1, -0.05) is 23.3 Å². The molecule has 1 aromatic rings. The first-order valence-corrected chi connectivity index (χ1v) is 11.1. The van der Waals surface area contributed by atoms with Crippen molar-refractivity contribution in [2.75, 3.05) is 20.3 Å². The fourth-order valence-corrected chi connectivity index (χ4v) is 3.76. The lowest BCUT2D eigenvalue weighted by atomic mass is 10.0. The second-order valence-corrected chi connectivity index (χ2v) is 8.51. The highest BCUT2D eigenvalue weighted by atomic mass is 16.5. The van der Waals surface area contributed by atoms with Gasteiger partial charge in [-0.05, 0) is 76.6 Å². The number of aliphatic carboxylic acids is 1. The number of ether oxygens (including phenoxy) is 2. The Morgan fingerprint density at radius 1 is 1.25 bits per heavy atom. The van der Waals surface area contributed by atoms with Crippen LogP contribution in [0.25, 0.3) is 0 Å². The highest BCUT2D eigenvalue weighted by Gasteiger charge is 2.36. The number of rotatable bonds is 11. The van der Waals surface area contributed by atoms with E-state index in [0.29, 0.717) is 43.9 Å². The Bertz CT molecular complexity index is 858. The molecule has 0 spiro atoms. The number of amides is 1. The Morgan fingerprint density at radius 3 is 2.66 bits per heavy atom. The van der Waals surface area contributed by atoms with Crippen molar-refractivity contribution >= 4 is 11.9 Å². The minimum absolute atomic E-state index is 0.293. The fraction of sp³-hybridized carbons (Fsp3) is 0.520. The van der Waals surface area contributed by atoms with E-state index in [9.17, 15) is 14.7 Å². The first-order valence-electron chi connectivity index (χ1n) is 11.1. The number of nitrogens with two attached hydrogens (primary N) is 1. The summed E-state index contributed by atoms with van der Waals surface area (Å²) >= 11 is 0. The topological polar surface area (TPSA) is 102 Å². The van der Waals surface area contributed by atoms with Crippen molar-refractivity contribution in [3.05, 3.63) is 47.1 Å². The molecule has 2 atom stereocenters. The van der Waals surface area contributed by atoms with Crippen molar-refractivity contribution in [1.82, 2.24) is 4.90 Å². The number of likely N-dealkylation sites (tertiary alicyclic amines) is 1. The van der Waals surface area contributed by atoms with Gasteiger partial charge in [-0.2, -0.15) is 0 Å². The third-order valence-corrected chi connectivity index (χ3v) is 5.58. The van der Waals surface area contributed by atoms with E-state index in [-0.39, 0.29) is 5.91 Å². The molecule has 1 amide bonds. The van der Waals surface area contributed by atoms with Gasteiger partial charge < -0.3 is 25.2 Å². The van der Waals surface area contributed by atoms with E-state index in [1.54, 1.807) is 7.11 Å². The monoisotopic (exact) mass is 444 g/mol. The van der Waals surface area contributed by atoms with Gasteiger partial charge in [0.1, 0.15) is 12.6 Å². The van der Waals surface area contributed by atoms with Crippen LogP contribution in [0.15, 0.2) is 41.5 Å². The van der Waals surface area contributed by atoms with E-state index in [2.05, 4.69) is 32.9 Å². The van der Waals surface area contributed by atoms with Crippen LogP contribution in [0.1, 0.15) is 52.0 Å². The molecule has 1 aliphatic heterocycles. The average molecular weight is 445 g/mol. The van der Waals surface area contributed by atoms with Crippen LogP contribution in [0.2, 0.25) is 0 Å². The van der Waals surface area contributed by atoms with Crippen LogP contribution in [0.4, 0.5) is 0 Å². The summed E-state index contributed by atoms with van der Waals surface area (Å²) < 4.78 is 11.3. The molecule has 7 heteroatoms. The minimum atomic E-state index is -0.979. The molecule has 1 saturated heterocycles. The lowest BCUT2D eigenvalue weighted by Gasteiger charge is -2.25. The summed E-state index contributed by atoms with van der Waals surface area (Å²) in [6.07, 6.45) is 7.75. The maximum absolute atomic E-state index is 12.7. The van der Waals surface area contributed by atoms with Crippen LogP contribution in [0.5, 0.6) is 11.5 Å². The standard InChI is InChI=1S/C25H36N2O5/c1-17(2)7-5-8-18(3)12-14-32-22-11-10-19(16-23(22)31-4)15-20(26)24(28)27-13-6-9-21(27)25(29)30/h7,10-12,16,20-21H,5-6,8-9,13-15,26H2,1-4H3,(H,29,30)/b18-12+/t20-,21-/m0/s1. The molecule has 7 nitrogen and oxygen atoms in total. The Morgan fingerprint density at radius 2 is 2.00 bits per heavy atom. The van der Waals surface area contributed by atoms with Crippen molar-refractivity contribution in [2.24, 2.45) is 5.73 Å². The van der Waals surface area contributed by atoms with E-state index in [1.807, 2.05) is 18.2 Å². The normalized spacial score (nSPS) is 17.1. The SMILES string of the molecule is COc1cc(C[C@H](N)C(=O)N2CCC[C@H]2C(=O)O)ccc1OC/C=C(\C)CCC=C(C)C. The van der Waals surface area contributed by atoms with Crippen LogP contribution in [0, 0.1) is 0 Å². The summed E-state index contributed by atoms with van der Waals surface area (Å²) in [7, 11) is 1.57. The highest BCUT2D eigenvalue weighted by Crippen LogP contribution is 2.29. The molecule has 1 heterocycles. The van der Waals surface area contributed by atoms with Gasteiger partial charge in [0.15, 0.2) is 11.5 Å². The number of carboxylic acids is 1. The molecule has 0 saturated carbocycles. The van der Waals surface area contributed by atoms with Crippen molar-refractivity contribution in [1.29, 1.82) is 0 Å². The summed E-state index contributed by atoms with van der Waals surface area (Å²) in [5, 5.41) is 9.30. The van der Waals surface area contributed by atoms with E-state index >= 15 is 0 Å². The van der Waals surface area contributed by atoms with E-state index in [4.69, 9.17) is 15.2 Å². The van der Waals surface area contributed by atoms with Crippen LogP contribution in [0.3, 0.4) is 0 Å². The van der Waals surface area contributed by atoms with Gasteiger partial charge in [-0.15, -0.1) is 0 Å². The van der Waals surface area contributed by atoms with Gasteiger partial charge in [0.25, 0.3) is 0 Å². The lowest BCUT2D eigenvalue weighted by molar-refractivity contribution is -0.148. The van der Waals surface area contributed by atoms with Gasteiger partial charge in [-0.3, -0.25) is 4.79 Å². The number of benzene rings is 1. The molecular formula is C25H36N2O5. The summed E-state index contributed by atoms with van der Waals surface area (Å²) in [6, 6.07) is 3.89. The van der Waals surface area contributed by atoms with Crippen molar-refractivity contribution in [3.63, 3.8) is 0 Å². The maximum Gasteiger partial charge on any atom is 0.326 e. The van der Waals surface area contributed by atoms with Crippen LogP contribution >= 0.6 is 0 Å². The molecule has 1 fully saturated rings. The van der Waals surface area contributed by atoms with E-state index in [1.165, 1.54) is 16.0 Å². The smallest absolute Gasteiger partial charge is 0.326 e. The van der Waals surface area contributed by atoms with Gasteiger partial charge in [0, 0.05) is 6.54 Å². The van der Waals surface area contributed by atoms with E-state index < -0.39 is 18.1 Å². The zero-order valence-corrected chi connectivity index (χ0v) is 19.6. The molecule has 1 aromatic carbocycles. The first-order chi connectivity index (χ1) is 15.2. The highest BCUT2D eigenvalue weighted by molar-refractivity contribution is 5.87. The number of carbonyl (C=O) groups excluding carboxylic acids is 1. The van der Waals surface area contributed by atoms with E-state index in [0.717, 1.165) is 18.4 Å². The second-order valence-electron chi connectivity index (χ2n) is 8.51. The Hall–Kier alpha value is -2.80. The molecule has 0 aliphatic carbocycles. The second kappa shape index (κ2) is 12.3. The first kappa shape index (κ1) is 25.5. The Balaban J connectivity index is 1.95. The number of hydrogen-bond donors (Lipinski definition) is 2. The predicted octanol–water partition coefficient (Wildman–Crippen LogP) is 3.71. The summed E-state index contributed by atoms with van der Waals surface area (Å²) in [6.45, 7) is 7.16. The molecular weight excluding hydrogens is 408 g/mol. The van der Waals surface area contributed by atoms with Gasteiger partial charge in [0.05, 0.1) is 13.2 Å². The molecule has 32 heavy (non-hydrogen) atoms. The number of carboxylic acid groups (broad SMARTS) is 1. The van der Waals surface area contributed by atoms with Crippen molar-refractivity contribution in [2.45, 2.75) is 65.0 Å². The number of carbonyl (C=O) groups is 2. The number of hydrogen-bond acceptors (Lipinski definition) is 5. The van der Waals surface area contributed by atoms with Gasteiger partial charge in [-0.25, -0.2) is 4.79 Å². The van der Waals surface area contributed by atoms with Crippen LogP contribution in [-0.4, -0.2) is 54.2 Å². The summed E-state index contributed by atoms with van der Waals surface area (Å²) in [5.41, 5.74) is 9.54. The number of methoxy groups -OCH3 is 1. The van der Waals surface area contributed by atoms with Gasteiger partial charge in [0.2, 0.25) is 5.91 Å². The number of allylic oxidation sites excluding steroid dienone is 3. The maximum atomic E-state index is 12.7. The molecule has 3 N–H and O–H groups in total. The third-order valence-electron chi connectivity index (χ3n) is 5.58. The molecule has 0 radical (unpaired) electrons. The molecule has 0 aromatic heterocycles. The van der Waals surface area contributed by atoms with Crippen LogP contribution in [-0.2, 0) is 16.0 Å². The zero-order chi connectivity index (χ0) is 23.7. The summed E-state index contributed by atoms with van der Waals surface area (Å²) in [4.78, 5) is 25.4. The minimum Gasteiger partial charge on any atom is -0.493 e. The molecule has 1 aliphatic rings. The zero-order valence-electron chi connectivity index (χ0n) is 19.6. The quantitative estimate of drug-likeness (QED) is 0.505. The molecule has 0 bridgehead atoms. The van der Waals surface area contributed by atoms with Gasteiger partial charge >= 0.3 is 5.97 Å². The number of nitrogens with zero attached hydrogens (tertiary/aromatic N) is 1. The average Bonchev–Trinajstić information content (AvgIpc) is 3.24. The van der Waals surface area contributed by atoms with Crippen molar-refractivity contribution in [3.8, 4) is 11.5 Å². The lowest BCUT2D eigenvalue weighted by Crippen LogP contribution is -2.49.